The lowest BCUT2D eigenvalue weighted by Crippen LogP contribution is -2.47. The molecule has 1 aromatic heterocycles. The maximum absolute atomic E-state index is 8.85. The molecule has 0 aromatic carbocycles. The van der Waals surface area contributed by atoms with E-state index < -0.39 is 0 Å². The molecule has 0 aliphatic carbocycles. The van der Waals surface area contributed by atoms with E-state index >= 15 is 0 Å². The van der Waals surface area contributed by atoms with Gasteiger partial charge in [0.2, 0.25) is 5.89 Å². The standard InChI is InChI=1S/C10H16N2O2/c1-7-8(2)14-10(11-7)5-12-3-9(4-12)6-13/h9,13H,3-6H2,1-2H3. The molecule has 1 fully saturated rings. The Balaban J connectivity index is 1.87. The van der Waals surface area contributed by atoms with E-state index in [4.69, 9.17) is 9.52 Å². The van der Waals surface area contributed by atoms with Gasteiger partial charge in [-0.3, -0.25) is 4.90 Å². The molecule has 0 atom stereocenters. The second kappa shape index (κ2) is 3.71. The number of hydrogen-bond acceptors (Lipinski definition) is 4. The van der Waals surface area contributed by atoms with Gasteiger partial charge in [0.05, 0.1) is 12.2 Å². The Morgan fingerprint density at radius 3 is 2.71 bits per heavy atom. The molecular formula is C10H16N2O2. The van der Waals surface area contributed by atoms with Crippen molar-refractivity contribution >= 4 is 0 Å². The van der Waals surface area contributed by atoms with Gasteiger partial charge >= 0.3 is 0 Å². The summed E-state index contributed by atoms with van der Waals surface area (Å²) in [6, 6.07) is 0. The Labute approximate surface area is 83.5 Å². The quantitative estimate of drug-likeness (QED) is 0.773. The fraction of sp³-hybridized carbons (Fsp3) is 0.700. The highest BCUT2D eigenvalue weighted by Gasteiger charge is 2.26. The SMILES string of the molecule is Cc1nc(CN2CC(CO)C2)oc1C. The van der Waals surface area contributed by atoms with Crippen LogP contribution in [0.25, 0.3) is 0 Å². The molecule has 78 valence electrons. The van der Waals surface area contributed by atoms with Crippen LogP contribution >= 0.6 is 0 Å². The van der Waals surface area contributed by atoms with Crippen LogP contribution in [0.4, 0.5) is 0 Å². The average Bonchev–Trinajstić information content (AvgIpc) is 2.38. The lowest BCUT2D eigenvalue weighted by Gasteiger charge is -2.37. The molecular weight excluding hydrogens is 180 g/mol. The zero-order chi connectivity index (χ0) is 10.1. The smallest absolute Gasteiger partial charge is 0.208 e. The first kappa shape index (κ1) is 9.68. The molecule has 0 unspecified atom stereocenters. The Bertz CT molecular complexity index is 296. The first-order valence-corrected chi connectivity index (χ1v) is 4.95. The summed E-state index contributed by atoms with van der Waals surface area (Å²) >= 11 is 0. The predicted molar refractivity (Wildman–Crippen MR) is 51.8 cm³/mol. The second-order valence-electron chi connectivity index (χ2n) is 3.99. The first-order chi connectivity index (χ1) is 6.69. The maximum atomic E-state index is 8.85. The molecule has 1 aliphatic heterocycles. The molecule has 0 bridgehead atoms. The van der Waals surface area contributed by atoms with Gasteiger partial charge in [0, 0.05) is 25.6 Å². The van der Waals surface area contributed by atoms with Crippen LogP contribution in [0.5, 0.6) is 0 Å². The van der Waals surface area contributed by atoms with E-state index in [2.05, 4.69) is 9.88 Å². The highest BCUT2D eigenvalue weighted by molar-refractivity contribution is 5.05. The van der Waals surface area contributed by atoms with Crippen molar-refractivity contribution in [2.45, 2.75) is 20.4 Å². The number of aliphatic hydroxyl groups excluding tert-OH is 1. The van der Waals surface area contributed by atoms with Gasteiger partial charge in [-0.1, -0.05) is 0 Å². The third-order valence-electron chi connectivity index (χ3n) is 2.72. The van der Waals surface area contributed by atoms with Crippen molar-refractivity contribution in [3.05, 3.63) is 17.3 Å². The van der Waals surface area contributed by atoms with E-state index in [0.29, 0.717) is 12.5 Å². The summed E-state index contributed by atoms with van der Waals surface area (Å²) in [6.45, 7) is 6.85. The van der Waals surface area contributed by atoms with Gasteiger partial charge < -0.3 is 9.52 Å². The summed E-state index contributed by atoms with van der Waals surface area (Å²) < 4.78 is 5.47. The lowest BCUT2D eigenvalue weighted by molar-refractivity contribution is 0.0414. The van der Waals surface area contributed by atoms with E-state index in [1.54, 1.807) is 0 Å². The summed E-state index contributed by atoms with van der Waals surface area (Å²) in [4.78, 5) is 6.54. The van der Waals surface area contributed by atoms with Gasteiger partial charge in [-0.2, -0.15) is 0 Å². The number of oxazole rings is 1. The van der Waals surface area contributed by atoms with E-state index in [1.165, 1.54) is 0 Å². The minimum atomic E-state index is 0.292. The minimum absolute atomic E-state index is 0.292. The van der Waals surface area contributed by atoms with E-state index in [1.807, 2.05) is 13.8 Å². The molecule has 1 N–H and O–H groups in total. The van der Waals surface area contributed by atoms with Crippen molar-refractivity contribution < 1.29 is 9.52 Å². The maximum Gasteiger partial charge on any atom is 0.208 e. The van der Waals surface area contributed by atoms with Crippen molar-refractivity contribution in [3.8, 4) is 0 Å². The third kappa shape index (κ3) is 1.81. The summed E-state index contributed by atoms with van der Waals surface area (Å²) in [5.41, 5.74) is 0.972. The van der Waals surface area contributed by atoms with Crippen LogP contribution in [0, 0.1) is 19.8 Å². The topological polar surface area (TPSA) is 49.5 Å². The number of rotatable bonds is 3. The van der Waals surface area contributed by atoms with Crippen LogP contribution in [-0.4, -0.2) is 34.7 Å². The van der Waals surface area contributed by atoms with Gasteiger partial charge in [-0.05, 0) is 13.8 Å². The number of likely N-dealkylation sites (tertiary alicyclic amines) is 1. The molecule has 4 nitrogen and oxygen atoms in total. The molecule has 2 heterocycles. The van der Waals surface area contributed by atoms with Gasteiger partial charge in [-0.25, -0.2) is 4.98 Å². The number of nitrogens with zero attached hydrogens (tertiary/aromatic N) is 2. The van der Waals surface area contributed by atoms with Crippen molar-refractivity contribution in [2.75, 3.05) is 19.7 Å². The minimum Gasteiger partial charge on any atom is -0.444 e. The lowest BCUT2D eigenvalue weighted by atomic mass is 10.0. The number of hydrogen-bond donors (Lipinski definition) is 1. The van der Waals surface area contributed by atoms with E-state index in [-0.39, 0.29) is 0 Å². The van der Waals surface area contributed by atoms with Crippen LogP contribution in [0.2, 0.25) is 0 Å². The van der Waals surface area contributed by atoms with Crippen molar-refractivity contribution in [2.24, 2.45) is 5.92 Å². The van der Waals surface area contributed by atoms with Gasteiger partial charge in [0.25, 0.3) is 0 Å². The fourth-order valence-corrected chi connectivity index (χ4v) is 1.72. The Morgan fingerprint density at radius 1 is 1.50 bits per heavy atom. The largest absolute Gasteiger partial charge is 0.444 e. The molecule has 0 radical (unpaired) electrons. The number of aromatic nitrogens is 1. The summed E-state index contributed by atoms with van der Waals surface area (Å²) in [7, 11) is 0. The number of aliphatic hydroxyl groups is 1. The molecule has 1 aromatic rings. The molecule has 1 saturated heterocycles. The van der Waals surface area contributed by atoms with Crippen LogP contribution in [0.1, 0.15) is 17.3 Å². The third-order valence-corrected chi connectivity index (χ3v) is 2.72. The molecule has 0 amide bonds. The average molecular weight is 196 g/mol. The zero-order valence-corrected chi connectivity index (χ0v) is 8.66. The molecule has 2 rings (SSSR count). The molecule has 1 aliphatic rings. The first-order valence-electron chi connectivity index (χ1n) is 4.95. The number of aryl methyl sites for hydroxylation is 2. The van der Waals surface area contributed by atoms with Crippen LogP contribution in [0.3, 0.4) is 0 Å². The Morgan fingerprint density at radius 2 is 2.21 bits per heavy atom. The van der Waals surface area contributed by atoms with Gasteiger partial charge in [-0.15, -0.1) is 0 Å². The van der Waals surface area contributed by atoms with Gasteiger partial charge in [0.15, 0.2) is 0 Å². The Kier molecular flexibility index (Phi) is 2.56. The van der Waals surface area contributed by atoms with E-state index in [0.717, 1.165) is 37.0 Å². The molecule has 14 heavy (non-hydrogen) atoms. The zero-order valence-electron chi connectivity index (χ0n) is 8.66. The van der Waals surface area contributed by atoms with Crippen molar-refractivity contribution in [1.29, 1.82) is 0 Å². The normalized spacial score (nSPS) is 18.5. The molecule has 0 spiro atoms. The summed E-state index contributed by atoms with van der Waals surface area (Å²) in [6.07, 6.45) is 0. The van der Waals surface area contributed by atoms with Crippen LogP contribution in [-0.2, 0) is 6.54 Å². The monoisotopic (exact) mass is 196 g/mol. The highest BCUT2D eigenvalue weighted by atomic mass is 16.4. The van der Waals surface area contributed by atoms with Crippen LogP contribution in [0.15, 0.2) is 4.42 Å². The van der Waals surface area contributed by atoms with Crippen LogP contribution < -0.4 is 0 Å². The van der Waals surface area contributed by atoms with Gasteiger partial charge in [0.1, 0.15) is 5.76 Å². The second-order valence-corrected chi connectivity index (χ2v) is 3.99. The fourth-order valence-electron chi connectivity index (χ4n) is 1.72. The van der Waals surface area contributed by atoms with Crippen molar-refractivity contribution in [3.63, 3.8) is 0 Å². The molecule has 0 saturated carbocycles. The van der Waals surface area contributed by atoms with E-state index in [9.17, 15) is 0 Å². The summed E-state index contributed by atoms with van der Waals surface area (Å²) in [5, 5.41) is 8.85. The molecule has 4 heteroatoms. The predicted octanol–water partition coefficient (Wildman–Crippen LogP) is 0.716. The summed E-state index contributed by atoms with van der Waals surface area (Å²) in [5.74, 6) is 2.14. The highest BCUT2D eigenvalue weighted by Crippen LogP contribution is 2.18. The Hall–Kier alpha value is -0.870. The van der Waals surface area contributed by atoms with Crippen molar-refractivity contribution in [1.82, 2.24) is 9.88 Å².